The maximum Gasteiger partial charge on any atom is 0.429 e. The summed E-state index contributed by atoms with van der Waals surface area (Å²) in [5, 5.41) is 16.7. The maximum atomic E-state index is 8.77. The van der Waals surface area contributed by atoms with Crippen molar-refractivity contribution in [3.8, 4) is 0 Å². The molecule has 4 nitrogen and oxygen atoms in total. The molecule has 0 aromatic carbocycles. The molecular formula is C7H9N2O2+. The van der Waals surface area contributed by atoms with Crippen molar-refractivity contribution in [2.24, 2.45) is 0 Å². The monoisotopic (exact) mass is 153 g/mol. The SMILES string of the molecule is C=CC(C=C)O/C(O)=C/[N+]#N. The van der Waals surface area contributed by atoms with Crippen LogP contribution in [0.25, 0.3) is 4.98 Å². The Morgan fingerprint density at radius 1 is 1.55 bits per heavy atom. The van der Waals surface area contributed by atoms with E-state index >= 15 is 0 Å². The van der Waals surface area contributed by atoms with E-state index in [2.05, 4.69) is 18.1 Å². The predicted octanol–water partition coefficient (Wildman–Crippen LogP) is 1.95. The summed E-state index contributed by atoms with van der Waals surface area (Å²) < 4.78 is 4.72. The third kappa shape index (κ3) is 3.76. The Morgan fingerprint density at radius 3 is 2.45 bits per heavy atom. The van der Waals surface area contributed by atoms with E-state index in [1.807, 2.05) is 0 Å². The van der Waals surface area contributed by atoms with Crippen LogP contribution in [0.5, 0.6) is 0 Å². The molecule has 0 aliphatic carbocycles. The van der Waals surface area contributed by atoms with Crippen LogP contribution in [0, 0.1) is 5.39 Å². The number of diazo groups is 1. The number of aliphatic hydroxyl groups is 1. The second kappa shape index (κ2) is 5.06. The topological polar surface area (TPSA) is 57.6 Å². The predicted molar refractivity (Wildman–Crippen MR) is 41.1 cm³/mol. The van der Waals surface area contributed by atoms with Gasteiger partial charge in [-0.2, -0.15) is 0 Å². The first-order valence-electron chi connectivity index (χ1n) is 2.89. The van der Waals surface area contributed by atoms with Crippen molar-refractivity contribution in [3.05, 3.63) is 42.4 Å². The summed E-state index contributed by atoms with van der Waals surface area (Å²) in [5.41, 5.74) is 0. The summed E-state index contributed by atoms with van der Waals surface area (Å²) in [6, 6.07) is 0. The van der Waals surface area contributed by atoms with Gasteiger partial charge in [-0.05, 0) is 12.2 Å². The molecule has 0 aliphatic heterocycles. The summed E-state index contributed by atoms with van der Waals surface area (Å²) in [7, 11) is 0. The van der Waals surface area contributed by atoms with Crippen molar-refractivity contribution < 1.29 is 9.84 Å². The third-order valence-corrected chi connectivity index (χ3v) is 0.890. The Hall–Kier alpha value is -1.76. The highest BCUT2D eigenvalue weighted by Crippen LogP contribution is 2.01. The van der Waals surface area contributed by atoms with Gasteiger partial charge in [0.2, 0.25) is 5.39 Å². The van der Waals surface area contributed by atoms with E-state index in [1.165, 1.54) is 12.2 Å². The van der Waals surface area contributed by atoms with Crippen LogP contribution in [0.4, 0.5) is 0 Å². The molecule has 0 spiro atoms. The smallest absolute Gasteiger partial charge is 0.429 e. The van der Waals surface area contributed by atoms with Crippen LogP contribution >= 0.6 is 0 Å². The van der Waals surface area contributed by atoms with Crippen LogP contribution in [0.1, 0.15) is 0 Å². The maximum absolute atomic E-state index is 8.77. The van der Waals surface area contributed by atoms with Crippen molar-refractivity contribution in [1.82, 2.24) is 0 Å². The lowest BCUT2D eigenvalue weighted by atomic mass is 10.3. The number of ether oxygens (including phenoxy) is 1. The summed E-state index contributed by atoms with van der Waals surface area (Å²) in [6.45, 7) is 6.83. The average Bonchev–Trinajstić information content (AvgIpc) is 2.01. The highest BCUT2D eigenvalue weighted by atomic mass is 16.6. The Morgan fingerprint density at radius 2 is 2.09 bits per heavy atom. The molecule has 0 unspecified atom stereocenters. The summed E-state index contributed by atoms with van der Waals surface area (Å²) in [6.07, 6.45) is 3.16. The van der Waals surface area contributed by atoms with Gasteiger partial charge in [-0.25, -0.2) is 0 Å². The fourth-order valence-electron chi connectivity index (χ4n) is 0.412. The molecule has 0 radical (unpaired) electrons. The molecule has 0 fully saturated rings. The molecular weight excluding hydrogens is 144 g/mol. The minimum Gasteiger partial charge on any atom is -0.476 e. The van der Waals surface area contributed by atoms with Gasteiger partial charge in [0.25, 0.3) is 0 Å². The molecule has 0 aromatic rings. The van der Waals surface area contributed by atoms with Gasteiger partial charge in [0.15, 0.2) is 4.98 Å². The quantitative estimate of drug-likeness (QED) is 0.381. The molecule has 1 N–H and O–H groups in total. The molecule has 58 valence electrons. The Balaban J connectivity index is 4.03. The van der Waals surface area contributed by atoms with Gasteiger partial charge in [-0.15, -0.1) is 0 Å². The van der Waals surface area contributed by atoms with E-state index in [4.69, 9.17) is 15.2 Å². The Bertz CT molecular complexity index is 207. The molecule has 11 heavy (non-hydrogen) atoms. The molecule has 4 heteroatoms. The van der Waals surface area contributed by atoms with E-state index in [9.17, 15) is 0 Å². The zero-order valence-electron chi connectivity index (χ0n) is 5.97. The molecule has 0 saturated heterocycles. The number of nitrogens with zero attached hydrogens (tertiary/aromatic N) is 2. The van der Waals surface area contributed by atoms with E-state index in [0.717, 1.165) is 6.20 Å². The number of aliphatic hydroxyl groups excluding tert-OH is 1. The molecule has 0 atom stereocenters. The van der Waals surface area contributed by atoms with Gasteiger partial charge in [-0.1, -0.05) is 13.2 Å². The van der Waals surface area contributed by atoms with Crippen molar-refractivity contribution >= 4 is 0 Å². The standard InChI is InChI=1S/C7H8N2O2/c1-3-6(4-2)11-7(10)5-9-8/h3-6H,1-2H2/p+1/b7-5+. The minimum atomic E-state index is -0.489. The zero-order valence-corrected chi connectivity index (χ0v) is 5.97. The van der Waals surface area contributed by atoms with Gasteiger partial charge in [-0.3, -0.25) is 0 Å². The fraction of sp³-hybridized carbons (Fsp3) is 0.143. The van der Waals surface area contributed by atoms with Gasteiger partial charge in [0.05, 0.1) is 0 Å². The van der Waals surface area contributed by atoms with Crippen molar-refractivity contribution in [3.63, 3.8) is 0 Å². The molecule has 0 aromatic heterocycles. The van der Waals surface area contributed by atoms with E-state index in [-0.39, 0.29) is 0 Å². The van der Waals surface area contributed by atoms with Crippen LogP contribution in [0.2, 0.25) is 0 Å². The van der Waals surface area contributed by atoms with Crippen LogP contribution in [0.3, 0.4) is 0 Å². The van der Waals surface area contributed by atoms with E-state index in [0.29, 0.717) is 0 Å². The van der Waals surface area contributed by atoms with Crippen molar-refractivity contribution in [2.75, 3.05) is 0 Å². The highest BCUT2D eigenvalue weighted by molar-refractivity contribution is 4.98. The number of hydrogen-bond donors (Lipinski definition) is 1. The molecule has 0 amide bonds. The minimum absolute atomic E-state index is 0.479. The molecule has 0 aliphatic rings. The zero-order chi connectivity index (χ0) is 8.69. The van der Waals surface area contributed by atoms with Crippen LogP contribution < -0.4 is 0 Å². The first kappa shape index (κ1) is 9.24. The lowest BCUT2D eigenvalue weighted by Crippen LogP contribution is -2.04. The van der Waals surface area contributed by atoms with Gasteiger partial charge >= 0.3 is 12.1 Å². The lowest BCUT2D eigenvalue weighted by molar-refractivity contribution is 0.0794. The van der Waals surface area contributed by atoms with Crippen molar-refractivity contribution in [1.29, 1.82) is 5.39 Å². The summed E-state index contributed by atoms with van der Waals surface area (Å²) in [5.74, 6) is -0.489. The first-order chi connectivity index (χ1) is 5.24. The largest absolute Gasteiger partial charge is 0.476 e. The van der Waals surface area contributed by atoms with Crippen LogP contribution in [-0.4, -0.2) is 11.2 Å². The molecule has 0 heterocycles. The molecule has 0 bridgehead atoms. The highest BCUT2D eigenvalue weighted by Gasteiger charge is 2.05. The van der Waals surface area contributed by atoms with Gasteiger partial charge in [0.1, 0.15) is 6.10 Å². The Kier molecular flexibility index (Phi) is 4.25. The normalized spacial score (nSPS) is 10.4. The number of rotatable bonds is 4. The van der Waals surface area contributed by atoms with Crippen LogP contribution in [-0.2, 0) is 4.74 Å². The first-order valence-corrected chi connectivity index (χ1v) is 2.89. The lowest BCUT2D eigenvalue weighted by Gasteiger charge is -2.05. The van der Waals surface area contributed by atoms with Crippen LogP contribution in [0.15, 0.2) is 37.5 Å². The Labute approximate surface area is 64.7 Å². The van der Waals surface area contributed by atoms with E-state index < -0.39 is 12.0 Å². The average molecular weight is 153 g/mol. The fourth-order valence-corrected chi connectivity index (χ4v) is 0.412. The van der Waals surface area contributed by atoms with E-state index in [1.54, 1.807) is 0 Å². The number of hydrogen-bond acceptors (Lipinski definition) is 3. The summed E-state index contributed by atoms with van der Waals surface area (Å²) >= 11 is 0. The summed E-state index contributed by atoms with van der Waals surface area (Å²) in [4.78, 5) is 2.55. The molecule has 0 rings (SSSR count). The second-order valence-electron chi connectivity index (χ2n) is 1.64. The third-order valence-electron chi connectivity index (χ3n) is 0.890. The van der Waals surface area contributed by atoms with Gasteiger partial charge in [0, 0.05) is 0 Å². The molecule has 0 saturated carbocycles. The van der Waals surface area contributed by atoms with Gasteiger partial charge < -0.3 is 9.84 Å². The second-order valence-corrected chi connectivity index (χ2v) is 1.64. The van der Waals surface area contributed by atoms with Crippen molar-refractivity contribution in [2.45, 2.75) is 6.10 Å².